The van der Waals surface area contributed by atoms with Crippen LogP contribution in [0.5, 0.6) is 17.2 Å². The van der Waals surface area contributed by atoms with Gasteiger partial charge < -0.3 is 9.47 Å². The predicted molar refractivity (Wildman–Crippen MR) is 114 cm³/mol. The molecule has 5 rings (SSSR count). The number of halogens is 2. The molecule has 3 aromatic rings. The maximum absolute atomic E-state index is 11.9. The zero-order chi connectivity index (χ0) is 20.8. The topological polar surface area (TPSA) is 52.6 Å². The molecule has 0 aromatic heterocycles. The summed E-state index contributed by atoms with van der Waals surface area (Å²) < 4.78 is 9.94. The lowest BCUT2D eigenvalue weighted by Gasteiger charge is -2.20. The molecule has 0 atom stereocenters. The standard InChI is InChI=1S/C17H14O3.C6H2Cl2O/c1-13(18)20-16-10-7-14(8-11-16)9-12-17(19)15-5-3-2-4-6-15;7-3-1-2-4-5(8)6(3)9-4/h2-12H,1H3;1-2H. The van der Waals surface area contributed by atoms with Crippen LogP contribution >= 0.6 is 23.2 Å². The summed E-state index contributed by atoms with van der Waals surface area (Å²) in [4.78, 5) is 22.7. The summed E-state index contributed by atoms with van der Waals surface area (Å²) in [7, 11) is 0. The molecule has 0 aliphatic carbocycles. The maximum Gasteiger partial charge on any atom is 0.308 e. The molecule has 0 fully saturated rings. The van der Waals surface area contributed by atoms with Crippen molar-refractivity contribution in [2.75, 3.05) is 0 Å². The number of fused-ring (bicyclic) bond motifs is 2. The van der Waals surface area contributed by atoms with Crippen LogP contribution in [0, 0.1) is 0 Å². The molecule has 3 aromatic carbocycles. The van der Waals surface area contributed by atoms with E-state index in [0.717, 1.165) is 11.3 Å². The number of carbonyl (C=O) groups excluding carboxylic acids is 2. The lowest BCUT2D eigenvalue weighted by Crippen LogP contribution is -2.00. The number of ether oxygens (including phenoxy) is 2. The summed E-state index contributed by atoms with van der Waals surface area (Å²) >= 11 is 11.3. The fraction of sp³-hybridized carbons (Fsp3) is 0.0435. The third-order valence-electron chi connectivity index (χ3n) is 3.85. The molecule has 0 amide bonds. The summed E-state index contributed by atoms with van der Waals surface area (Å²) in [6.07, 6.45) is 3.25. The van der Waals surface area contributed by atoms with E-state index in [1.807, 2.05) is 18.2 Å². The first kappa shape index (κ1) is 20.6. The maximum atomic E-state index is 11.9. The van der Waals surface area contributed by atoms with Crippen molar-refractivity contribution < 1.29 is 19.1 Å². The molecule has 2 aliphatic heterocycles. The van der Waals surface area contributed by atoms with E-state index in [2.05, 4.69) is 0 Å². The van der Waals surface area contributed by atoms with Gasteiger partial charge in [0.05, 0.1) is 5.02 Å². The van der Waals surface area contributed by atoms with Gasteiger partial charge in [0, 0.05) is 12.5 Å². The van der Waals surface area contributed by atoms with E-state index < -0.39 is 0 Å². The van der Waals surface area contributed by atoms with Crippen molar-refractivity contribution in [3.63, 3.8) is 0 Å². The quantitative estimate of drug-likeness (QED) is 0.159. The van der Waals surface area contributed by atoms with Gasteiger partial charge in [0.2, 0.25) is 0 Å². The van der Waals surface area contributed by atoms with E-state index >= 15 is 0 Å². The Bertz CT molecular complexity index is 1050. The van der Waals surface area contributed by atoms with Crippen molar-refractivity contribution in [2.24, 2.45) is 0 Å². The van der Waals surface area contributed by atoms with Crippen LogP contribution in [-0.4, -0.2) is 11.8 Å². The molecule has 146 valence electrons. The Hall–Kier alpha value is -3.08. The summed E-state index contributed by atoms with van der Waals surface area (Å²) in [5.41, 5.74) is 1.52. The molecular weight excluding hydrogens is 411 g/mol. The molecule has 0 saturated heterocycles. The molecule has 0 spiro atoms. The Labute approximate surface area is 178 Å². The molecule has 29 heavy (non-hydrogen) atoms. The van der Waals surface area contributed by atoms with Gasteiger partial charge in [0.1, 0.15) is 16.5 Å². The van der Waals surface area contributed by atoms with E-state index in [1.54, 1.807) is 54.6 Å². The lowest BCUT2D eigenvalue weighted by atomic mass is 10.1. The molecule has 0 unspecified atom stereocenters. The van der Waals surface area contributed by atoms with Crippen molar-refractivity contribution in [2.45, 2.75) is 6.92 Å². The molecule has 0 saturated carbocycles. The average Bonchev–Trinajstić information content (AvgIpc) is 2.73. The molecule has 2 heterocycles. The second-order valence-electron chi connectivity index (χ2n) is 6.02. The number of esters is 1. The van der Waals surface area contributed by atoms with Crippen LogP contribution in [0.3, 0.4) is 0 Å². The van der Waals surface area contributed by atoms with Crippen LogP contribution in [0.4, 0.5) is 0 Å². The van der Waals surface area contributed by atoms with Crippen molar-refractivity contribution in [1.29, 1.82) is 0 Å². The minimum atomic E-state index is -0.354. The average molecular weight is 427 g/mol. The zero-order valence-corrected chi connectivity index (χ0v) is 16.9. The van der Waals surface area contributed by atoms with Crippen LogP contribution in [0.1, 0.15) is 22.8 Å². The molecular formula is C23H16Cl2O4. The Morgan fingerprint density at radius 1 is 0.931 bits per heavy atom. The van der Waals surface area contributed by atoms with E-state index in [4.69, 9.17) is 32.7 Å². The van der Waals surface area contributed by atoms with Gasteiger partial charge in [-0.2, -0.15) is 0 Å². The molecule has 0 N–H and O–H groups in total. The third-order valence-corrected chi connectivity index (χ3v) is 4.51. The Morgan fingerprint density at radius 3 is 2.14 bits per heavy atom. The summed E-state index contributed by atoms with van der Waals surface area (Å²) in [5, 5.41) is 1.22. The van der Waals surface area contributed by atoms with Crippen molar-refractivity contribution in [3.8, 4) is 17.2 Å². The SMILES string of the molecule is CC(=O)Oc1ccc(C=CC(=O)c2ccccc2)cc1.Clc1ccc2c(Cl)c1O2. The zero-order valence-electron chi connectivity index (χ0n) is 15.4. The first-order chi connectivity index (χ1) is 13.9. The first-order valence-electron chi connectivity index (χ1n) is 8.66. The minimum Gasteiger partial charge on any atom is -0.452 e. The van der Waals surface area contributed by atoms with Crippen LogP contribution in [-0.2, 0) is 4.79 Å². The Kier molecular flexibility index (Phi) is 6.70. The highest BCUT2D eigenvalue weighted by Crippen LogP contribution is 2.50. The second kappa shape index (κ2) is 9.41. The van der Waals surface area contributed by atoms with Crippen molar-refractivity contribution in [3.05, 3.63) is 94.0 Å². The van der Waals surface area contributed by atoms with Crippen LogP contribution in [0.15, 0.2) is 72.8 Å². The van der Waals surface area contributed by atoms with Crippen LogP contribution in [0.25, 0.3) is 6.08 Å². The monoisotopic (exact) mass is 426 g/mol. The van der Waals surface area contributed by atoms with Crippen molar-refractivity contribution in [1.82, 2.24) is 0 Å². The highest BCUT2D eigenvalue weighted by Gasteiger charge is 2.22. The first-order valence-corrected chi connectivity index (χ1v) is 9.41. The summed E-state index contributed by atoms with van der Waals surface area (Å²) in [6, 6.07) is 19.5. The van der Waals surface area contributed by atoms with Gasteiger partial charge in [-0.1, -0.05) is 71.7 Å². The van der Waals surface area contributed by atoms with E-state index in [9.17, 15) is 9.59 Å². The normalized spacial score (nSPS) is 11.0. The van der Waals surface area contributed by atoms with Crippen LogP contribution in [0.2, 0.25) is 10.0 Å². The number of carbonyl (C=O) groups is 2. The van der Waals surface area contributed by atoms with Crippen LogP contribution < -0.4 is 9.47 Å². The number of benzene rings is 3. The van der Waals surface area contributed by atoms with E-state index in [0.29, 0.717) is 27.1 Å². The van der Waals surface area contributed by atoms with Gasteiger partial charge in [-0.3, -0.25) is 9.59 Å². The van der Waals surface area contributed by atoms with Gasteiger partial charge in [0.15, 0.2) is 11.5 Å². The summed E-state index contributed by atoms with van der Waals surface area (Å²) in [5.74, 6) is 1.41. The predicted octanol–water partition coefficient (Wildman–Crippen LogP) is 6.61. The second-order valence-corrected chi connectivity index (χ2v) is 6.80. The number of rotatable bonds is 4. The van der Waals surface area contributed by atoms with Gasteiger partial charge in [-0.15, -0.1) is 0 Å². The minimum absolute atomic E-state index is 0.0466. The molecule has 6 heteroatoms. The largest absolute Gasteiger partial charge is 0.452 e. The van der Waals surface area contributed by atoms with Gasteiger partial charge >= 0.3 is 5.97 Å². The number of hydrogen-bond acceptors (Lipinski definition) is 4. The molecule has 2 bridgehead atoms. The third kappa shape index (κ3) is 5.47. The summed E-state index contributed by atoms with van der Waals surface area (Å²) in [6.45, 7) is 1.35. The number of hydrogen-bond donors (Lipinski definition) is 0. The van der Waals surface area contributed by atoms with Gasteiger partial charge in [-0.25, -0.2) is 0 Å². The Balaban J connectivity index is 0.000000220. The smallest absolute Gasteiger partial charge is 0.308 e. The molecule has 4 nitrogen and oxygen atoms in total. The van der Waals surface area contributed by atoms with Gasteiger partial charge in [-0.05, 0) is 35.9 Å². The van der Waals surface area contributed by atoms with Gasteiger partial charge in [0.25, 0.3) is 0 Å². The molecule has 2 aliphatic rings. The highest BCUT2D eigenvalue weighted by molar-refractivity contribution is 6.39. The van der Waals surface area contributed by atoms with E-state index in [1.165, 1.54) is 13.0 Å². The lowest BCUT2D eigenvalue weighted by molar-refractivity contribution is -0.131. The van der Waals surface area contributed by atoms with E-state index in [-0.39, 0.29) is 11.8 Å². The fourth-order valence-electron chi connectivity index (χ4n) is 2.43. The Morgan fingerprint density at radius 2 is 1.62 bits per heavy atom. The van der Waals surface area contributed by atoms with Crippen molar-refractivity contribution >= 4 is 41.0 Å². The highest BCUT2D eigenvalue weighted by atomic mass is 35.5. The molecule has 0 radical (unpaired) electrons. The fourth-order valence-corrected chi connectivity index (χ4v) is 2.92. The number of allylic oxidation sites excluding steroid dienone is 1. The number of ketones is 1.